The van der Waals surface area contributed by atoms with Gasteiger partial charge in [0.15, 0.2) is 0 Å². The molecule has 0 atom stereocenters. The van der Waals surface area contributed by atoms with Gasteiger partial charge in [-0.05, 0) is 25.5 Å². The maximum Gasteiger partial charge on any atom is 0.307 e. The first kappa shape index (κ1) is 10.7. The van der Waals surface area contributed by atoms with Crippen LogP contribution in [-0.4, -0.2) is 20.6 Å². The van der Waals surface area contributed by atoms with Crippen molar-refractivity contribution in [2.75, 3.05) is 0 Å². The van der Waals surface area contributed by atoms with E-state index in [2.05, 4.69) is 9.55 Å². The highest BCUT2D eigenvalue weighted by Gasteiger charge is 2.14. The first-order chi connectivity index (χ1) is 7.65. The van der Waals surface area contributed by atoms with Gasteiger partial charge in [0.1, 0.15) is 0 Å². The lowest BCUT2D eigenvalue weighted by atomic mass is 10.1. The molecule has 2 rings (SSSR count). The van der Waals surface area contributed by atoms with Crippen LogP contribution < -0.4 is 0 Å². The van der Waals surface area contributed by atoms with Crippen molar-refractivity contribution in [3.63, 3.8) is 0 Å². The lowest BCUT2D eigenvalue weighted by molar-refractivity contribution is -0.136. The summed E-state index contributed by atoms with van der Waals surface area (Å²) in [5.41, 5.74) is 2.93. The number of hydrogen-bond acceptors (Lipinski definition) is 2. The summed E-state index contributed by atoms with van der Waals surface area (Å²) in [6, 6.07) is 1.88. The van der Waals surface area contributed by atoms with Crippen LogP contribution in [0.15, 0.2) is 18.5 Å². The molecule has 0 bridgehead atoms. The summed E-state index contributed by atoms with van der Waals surface area (Å²) in [5.74, 6) is -0.796. The average Bonchev–Trinajstić information content (AvgIpc) is 2.52. The number of aliphatic carboxylic acids is 1. The molecule has 4 heteroatoms. The maximum absolute atomic E-state index is 10.8. The van der Waals surface area contributed by atoms with Crippen LogP contribution in [-0.2, 0) is 17.8 Å². The van der Waals surface area contributed by atoms with Gasteiger partial charge in [0, 0.05) is 23.8 Å². The van der Waals surface area contributed by atoms with Gasteiger partial charge in [-0.1, -0.05) is 0 Å². The third-order valence-electron chi connectivity index (χ3n) is 2.90. The van der Waals surface area contributed by atoms with E-state index in [1.165, 1.54) is 0 Å². The molecule has 0 aliphatic heterocycles. The molecular formula is C12H14N2O2. The van der Waals surface area contributed by atoms with Crippen LogP contribution in [0.2, 0.25) is 0 Å². The second kappa shape index (κ2) is 3.96. The Balaban J connectivity index is 2.71. The average molecular weight is 218 g/mol. The molecule has 84 valence electrons. The van der Waals surface area contributed by atoms with Crippen molar-refractivity contribution in [2.45, 2.75) is 26.8 Å². The zero-order valence-electron chi connectivity index (χ0n) is 9.40. The fourth-order valence-corrected chi connectivity index (χ4v) is 2.18. The van der Waals surface area contributed by atoms with E-state index in [9.17, 15) is 4.79 Å². The minimum atomic E-state index is -0.796. The smallest absolute Gasteiger partial charge is 0.307 e. The van der Waals surface area contributed by atoms with Crippen molar-refractivity contribution in [1.29, 1.82) is 0 Å². The highest BCUT2D eigenvalue weighted by Crippen LogP contribution is 2.25. The van der Waals surface area contributed by atoms with Crippen LogP contribution in [0.25, 0.3) is 10.9 Å². The van der Waals surface area contributed by atoms with Gasteiger partial charge in [-0.25, -0.2) is 0 Å². The molecule has 4 nitrogen and oxygen atoms in total. The zero-order valence-corrected chi connectivity index (χ0v) is 9.40. The molecular weight excluding hydrogens is 204 g/mol. The van der Waals surface area contributed by atoms with E-state index in [1.807, 2.05) is 19.9 Å². The van der Waals surface area contributed by atoms with E-state index in [-0.39, 0.29) is 6.42 Å². The molecule has 16 heavy (non-hydrogen) atoms. The first-order valence-electron chi connectivity index (χ1n) is 5.28. The highest BCUT2D eigenvalue weighted by atomic mass is 16.4. The van der Waals surface area contributed by atoms with E-state index in [0.717, 1.165) is 28.7 Å². The standard InChI is InChI=1S/C12H14N2O2/c1-3-14-8(2)10(6-12(15)16)9-4-5-13-7-11(9)14/h4-5,7H,3,6H2,1-2H3,(H,15,16). The molecule has 2 aromatic rings. The summed E-state index contributed by atoms with van der Waals surface area (Å²) in [6.07, 6.45) is 3.56. The number of aromatic nitrogens is 2. The Morgan fingerprint density at radius 2 is 2.31 bits per heavy atom. The van der Waals surface area contributed by atoms with Crippen LogP contribution in [0.3, 0.4) is 0 Å². The van der Waals surface area contributed by atoms with Crippen LogP contribution in [0.5, 0.6) is 0 Å². The summed E-state index contributed by atoms with van der Waals surface area (Å²) in [5, 5.41) is 9.90. The molecule has 0 spiro atoms. The number of carboxylic acids is 1. The third kappa shape index (κ3) is 1.56. The quantitative estimate of drug-likeness (QED) is 0.857. The van der Waals surface area contributed by atoms with Gasteiger partial charge in [0.05, 0.1) is 18.1 Å². The van der Waals surface area contributed by atoms with Crippen molar-refractivity contribution >= 4 is 16.9 Å². The number of nitrogens with zero attached hydrogens (tertiary/aromatic N) is 2. The Morgan fingerprint density at radius 3 is 2.94 bits per heavy atom. The Bertz CT molecular complexity index is 543. The first-order valence-corrected chi connectivity index (χ1v) is 5.28. The van der Waals surface area contributed by atoms with E-state index in [4.69, 9.17) is 5.11 Å². The monoisotopic (exact) mass is 218 g/mol. The number of pyridine rings is 1. The number of rotatable bonds is 3. The van der Waals surface area contributed by atoms with E-state index >= 15 is 0 Å². The van der Waals surface area contributed by atoms with Gasteiger partial charge in [-0.3, -0.25) is 9.78 Å². The zero-order chi connectivity index (χ0) is 11.7. The molecule has 0 aliphatic carbocycles. The number of carbonyl (C=O) groups is 1. The van der Waals surface area contributed by atoms with E-state index < -0.39 is 5.97 Å². The van der Waals surface area contributed by atoms with Gasteiger partial charge >= 0.3 is 5.97 Å². The lowest BCUT2D eigenvalue weighted by Crippen LogP contribution is -2.03. The van der Waals surface area contributed by atoms with E-state index in [1.54, 1.807) is 12.4 Å². The predicted octanol–water partition coefficient (Wildman–Crippen LogP) is 1.99. The van der Waals surface area contributed by atoms with Crippen molar-refractivity contribution in [3.05, 3.63) is 29.7 Å². The molecule has 0 saturated heterocycles. The van der Waals surface area contributed by atoms with Gasteiger partial charge in [0.2, 0.25) is 0 Å². The number of fused-ring (bicyclic) bond motifs is 1. The predicted molar refractivity (Wildman–Crippen MR) is 61.5 cm³/mol. The molecule has 0 amide bonds. The molecule has 0 unspecified atom stereocenters. The fourth-order valence-electron chi connectivity index (χ4n) is 2.18. The minimum Gasteiger partial charge on any atom is -0.481 e. The maximum atomic E-state index is 10.8. The highest BCUT2D eigenvalue weighted by molar-refractivity contribution is 5.88. The van der Waals surface area contributed by atoms with Crippen LogP contribution >= 0.6 is 0 Å². The van der Waals surface area contributed by atoms with Gasteiger partial charge < -0.3 is 9.67 Å². The second-order valence-corrected chi connectivity index (χ2v) is 3.77. The third-order valence-corrected chi connectivity index (χ3v) is 2.90. The lowest BCUT2D eigenvalue weighted by Gasteiger charge is -2.03. The number of aryl methyl sites for hydroxylation is 1. The van der Waals surface area contributed by atoms with Crippen molar-refractivity contribution in [2.24, 2.45) is 0 Å². The molecule has 0 fully saturated rings. The van der Waals surface area contributed by atoms with Crippen LogP contribution in [0.1, 0.15) is 18.2 Å². The largest absolute Gasteiger partial charge is 0.481 e. The van der Waals surface area contributed by atoms with Crippen molar-refractivity contribution < 1.29 is 9.90 Å². The Hall–Kier alpha value is -1.84. The Labute approximate surface area is 93.5 Å². The molecule has 0 saturated carbocycles. The molecule has 2 heterocycles. The molecule has 0 radical (unpaired) electrons. The second-order valence-electron chi connectivity index (χ2n) is 3.77. The summed E-state index contributed by atoms with van der Waals surface area (Å²) in [7, 11) is 0. The Morgan fingerprint density at radius 1 is 1.56 bits per heavy atom. The SMILES string of the molecule is CCn1c(C)c(CC(=O)O)c2ccncc21. The summed E-state index contributed by atoms with van der Waals surface area (Å²) < 4.78 is 2.10. The van der Waals surface area contributed by atoms with Gasteiger partial charge in [0.25, 0.3) is 0 Å². The Kier molecular flexibility index (Phi) is 2.64. The number of hydrogen-bond donors (Lipinski definition) is 1. The number of carboxylic acid groups (broad SMARTS) is 1. The van der Waals surface area contributed by atoms with Crippen LogP contribution in [0, 0.1) is 6.92 Å². The normalized spacial score (nSPS) is 10.9. The van der Waals surface area contributed by atoms with Crippen molar-refractivity contribution in [1.82, 2.24) is 9.55 Å². The van der Waals surface area contributed by atoms with Crippen molar-refractivity contribution in [3.8, 4) is 0 Å². The summed E-state index contributed by atoms with van der Waals surface area (Å²) in [4.78, 5) is 14.9. The molecule has 2 aromatic heterocycles. The summed E-state index contributed by atoms with van der Waals surface area (Å²) >= 11 is 0. The summed E-state index contributed by atoms with van der Waals surface area (Å²) in [6.45, 7) is 4.83. The molecule has 0 aliphatic rings. The topological polar surface area (TPSA) is 55.1 Å². The van der Waals surface area contributed by atoms with Crippen LogP contribution in [0.4, 0.5) is 0 Å². The van der Waals surface area contributed by atoms with Gasteiger partial charge in [-0.15, -0.1) is 0 Å². The fraction of sp³-hybridized carbons (Fsp3) is 0.333. The van der Waals surface area contributed by atoms with Gasteiger partial charge in [-0.2, -0.15) is 0 Å². The molecule has 0 aromatic carbocycles. The molecule has 1 N–H and O–H groups in total. The minimum absolute atomic E-state index is 0.0688. The van der Waals surface area contributed by atoms with E-state index in [0.29, 0.717) is 0 Å².